The van der Waals surface area contributed by atoms with E-state index in [1.165, 1.54) is 18.5 Å². The fraction of sp³-hybridized carbons (Fsp3) is 0.0588. The summed E-state index contributed by atoms with van der Waals surface area (Å²) < 4.78 is 1.57. The van der Waals surface area contributed by atoms with E-state index < -0.39 is 4.92 Å². The predicted octanol–water partition coefficient (Wildman–Crippen LogP) is 3.02. The molecule has 0 saturated heterocycles. The van der Waals surface area contributed by atoms with Gasteiger partial charge < -0.3 is 0 Å². The number of aromatic nitrogens is 4. The van der Waals surface area contributed by atoms with Gasteiger partial charge in [-0.05, 0) is 6.92 Å². The number of nitro groups is 1. The largest absolute Gasteiger partial charge is 0.270 e. The van der Waals surface area contributed by atoms with E-state index >= 15 is 0 Å². The fourth-order valence-corrected chi connectivity index (χ4v) is 2.66. The van der Waals surface area contributed by atoms with Gasteiger partial charge in [-0.1, -0.05) is 36.4 Å². The molecule has 0 spiro atoms. The highest BCUT2D eigenvalue weighted by Gasteiger charge is 2.10. The average Bonchev–Trinajstić information content (AvgIpc) is 3.14. The smallest absolute Gasteiger partial charge is 0.259 e. The summed E-state index contributed by atoms with van der Waals surface area (Å²) in [4.78, 5) is 10.5. The number of fused-ring (bicyclic) bond motifs is 3. The normalized spacial score (nSPS) is 11.8. The van der Waals surface area contributed by atoms with Crippen LogP contribution in [0.2, 0.25) is 0 Å². The van der Waals surface area contributed by atoms with Crippen molar-refractivity contribution in [3.63, 3.8) is 0 Å². The second-order valence-electron chi connectivity index (χ2n) is 5.61. The van der Waals surface area contributed by atoms with Crippen LogP contribution in [0.4, 0.5) is 11.5 Å². The lowest BCUT2D eigenvalue weighted by molar-refractivity contribution is -0.384. The lowest BCUT2D eigenvalue weighted by atomic mass is 10.1. The Kier molecular flexibility index (Phi) is 3.73. The number of nitro benzene ring substituents is 1. The molecule has 0 aliphatic heterocycles. The van der Waals surface area contributed by atoms with Gasteiger partial charge in [0.2, 0.25) is 0 Å². The first-order valence-corrected chi connectivity index (χ1v) is 7.77. The SMILES string of the molecule is CC(=NNc1nn2cnnc2c2ccccc12)c1cccc([N+](=O)[O-])c1. The highest BCUT2D eigenvalue weighted by Crippen LogP contribution is 2.24. The van der Waals surface area contributed by atoms with Gasteiger partial charge in [0.1, 0.15) is 6.33 Å². The number of hydrogen-bond donors (Lipinski definition) is 1. The monoisotopic (exact) mass is 347 g/mol. The van der Waals surface area contributed by atoms with E-state index in [0.29, 0.717) is 22.7 Å². The molecular formula is C17H13N7O2. The number of anilines is 1. The van der Waals surface area contributed by atoms with Crippen molar-refractivity contribution in [2.75, 3.05) is 5.43 Å². The second-order valence-corrected chi connectivity index (χ2v) is 5.61. The Hall–Kier alpha value is -3.88. The number of rotatable bonds is 4. The molecule has 2 aromatic heterocycles. The van der Waals surface area contributed by atoms with Crippen LogP contribution in [0.15, 0.2) is 60.0 Å². The molecule has 0 atom stereocenters. The molecule has 2 aromatic carbocycles. The van der Waals surface area contributed by atoms with Crippen LogP contribution < -0.4 is 5.43 Å². The Balaban J connectivity index is 1.73. The van der Waals surface area contributed by atoms with Crippen LogP contribution in [0.5, 0.6) is 0 Å². The van der Waals surface area contributed by atoms with Crippen LogP contribution in [0.3, 0.4) is 0 Å². The fourth-order valence-electron chi connectivity index (χ4n) is 2.66. The van der Waals surface area contributed by atoms with Gasteiger partial charge in [0.25, 0.3) is 5.69 Å². The Bertz CT molecular complexity index is 1170. The van der Waals surface area contributed by atoms with Gasteiger partial charge in [-0.25, -0.2) is 0 Å². The lowest BCUT2D eigenvalue weighted by Gasteiger charge is -2.07. The van der Waals surface area contributed by atoms with Crippen molar-refractivity contribution in [1.82, 2.24) is 19.8 Å². The second kappa shape index (κ2) is 6.20. The van der Waals surface area contributed by atoms with Crippen molar-refractivity contribution < 1.29 is 4.92 Å². The molecule has 0 radical (unpaired) electrons. The van der Waals surface area contributed by atoms with Crippen LogP contribution in [-0.2, 0) is 0 Å². The van der Waals surface area contributed by atoms with Gasteiger partial charge in [-0.2, -0.15) is 9.62 Å². The number of nitrogens with zero attached hydrogens (tertiary/aromatic N) is 6. The van der Waals surface area contributed by atoms with Crippen LogP contribution in [-0.4, -0.2) is 30.4 Å². The molecule has 0 aliphatic rings. The van der Waals surface area contributed by atoms with E-state index in [-0.39, 0.29) is 5.69 Å². The maximum Gasteiger partial charge on any atom is 0.270 e. The number of non-ortho nitro benzene ring substituents is 1. The first kappa shape index (κ1) is 15.6. The van der Waals surface area contributed by atoms with E-state index in [1.54, 1.807) is 23.6 Å². The van der Waals surface area contributed by atoms with Crippen molar-refractivity contribution in [2.24, 2.45) is 5.10 Å². The highest BCUT2D eigenvalue weighted by molar-refractivity contribution is 6.02. The van der Waals surface area contributed by atoms with E-state index in [1.807, 2.05) is 24.3 Å². The van der Waals surface area contributed by atoms with E-state index in [9.17, 15) is 10.1 Å². The maximum absolute atomic E-state index is 10.9. The molecule has 1 N–H and O–H groups in total. The molecule has 128 valence electrons. The molecule has 0 unspecified atom stereocenters. The zero-order valence-corrected chi connectivity index (χ0v) is 13.7. The minimum absolute atomic E-state index is 0.0199. The quantitative estimate of drug-likeness (QED) is 0.345. The Morgan fingerprint density at radius 3 is 2.81 bits per heavy atom. The number of hydrazone groups is 1. The zero-order chi connectivity index (χ0) is 18.1. The Labute approximate surface area is 147 Å². The molecule has 0 aliphatic carbocycles. The highest BCUT2D eigenvalue weighted by atomic mass is 16.6. The number of hydrogen-bond acceptors (Lipinski definition) is 7. The number of benzene rings is 2. The van der Waals surface area contributed by atoms with Gasteiger partial charge in [0.05, 0.1) is 10.6 Å². The van der Waals surface area contributed by atoms with Gasteiger partial charge >= 0.3 is 0 Å². The molecule has 0 amide bonds. The van der Waals surface area contributed by atoms with Crippen molar-refractivity contribution >= 4 is 33.6 Å². The van der Waals surface area contributed by atoms with Crippen LogP contribution in [0.1, 0.15) is 12.5 Å². The average molecular weight is 347 g/mol. The van der Waals surface area contributed by atoms with Gasteiger partial charge in [-0.3, -0.25) is 15.5 Å². The molecule has 9 heteroatoms. The van der Waals surface area contributed by atoms with Crippen molar-refractivity contribution in [1.29, 1.82) is 0 Å². The summed E-state index contributed by atoms with van der Waals surface area (Å²) in [6.45, 7) is 1.77. The molecule has 2 heterocycles. The van der Waals surface area contributed by atoms with Crippen LogP contribution in [0, 0.1) is 10.1 Å². The Morgan fingerprint density at radius 1 is 1.19 bits per heavy atom. The molecule has 26 heavy (non-hydrogen) atoms. The topological polar surface area (TPSA) is 111 Å². The van der Waals surface area contributed by atoms with Gasteiger partial charge in [0, 0.05) is 28.5 Å². The summed E-state index contributed by atoms with van der Waals surface area (Å²) >= 11 is 0. The summed E-state index contributed by atoms with van der Waals surface area (Å²) in [5, 5.41) is 29.4. The molecular weight excluding hydrogens is 334 g/mol. The maximum atomic E-state index is 10.9. The summed E-state index contributed by atoms with van der Waals surface area (Å²) in [5.41, 5.74) is 4.88. The van der Waals surface area contributed by atoms with Crippen LogP contribution >= 0.6 is 0 Å². The summed E-state index contributed by atoms with van der Waals surface area (Å²) in [7, 11) is 0. The van der Waals surface area contributed by atoms with E-state index in [0.717, 1.165) is 10.8 Å². The third-order valence-corrected chi connectivity index (χ3v) is 3.97. The molecule has 4 aromatic rings. The Morgan fingerprint density at radius 2 is 2.00 bits per heavy atom. The van der Waals surface area contributed by atoms with Gasteiger partial charge in [-0.15, -0.1) is 15.3 Å². The third-order valence-electron chi connectivity index (χ3n) is 3.97. The molecule has 0 fully saturated rings. The summed E-state index contributed by atoms with van der Waals surface area (Å²) in [6, 6.07) is 14.0. The van der Waals surface area contributed by atoms with Gasteiger partial charge in [0.15, 0.2) is 11.5 Å². The molecule has 4 rings (SSSR count). The van der Waals surface area contributed by atoms with Crippen molar-refractivity contribution in [3.8, 4) is 0 Å². The van der Waals surface area contributed by atoms with E-state index in [2.05, 4.69) is 25.8 Å². The minimum Gasteiger partial charge on any atom is -0.259 e. The molecule has 0 saturated carbocycles. The number of nitrogens with one attached hydrogen (secondary N) is 1. The first-order chi connectivity index (χ1) is 12.6. The third kappa shape index (κ3) is 2.71. The van der Waals surface area contributed by atoms with E-state index in [4.69, 9.17) is 0 Å². The standard InChI is InChI=1S/C17H13N7O2/c1-11(12-5-4-6-13(9-12)24(25)26)19-20-16-14-7-2-3-8-15(14)17-21-18-10-23(17)22-16/h2-10H,1H3,(H,20,22). The first-order valence-electron chi connectivity index (χ1n) is 7.77. The minimum atomic E-state index is -0.431. The zero-order valence-electron chi connectivity index (χ0n) is 13.7. The van der Waals surface area contributed by atoms with Crippen molar-refractivity contribution in [2.45, 2.75) is 6.92 Å². The molecule has 9 nitrogen and oxygen atoms in total. The predicted molar refractivity (Wildman–Crippen MR) is 97.2 cm³/mol. The molecule has 0 bridgehead atoms. The van der Waals surface area contributed by atoms with Crippen molar-refractivity contribution in [3.05, 3.63) is 70.5 Å². The summed E-state index contributed by atoms with van der Waals surface area (Å²) in [5.74, 6) is 0.540. The lowest BCUT2D eigenvalue weighted by Crippen LogP contribution is -2.04. The van der Waals surface area contributed by atoms with Crippen LogP contribution in [0.25, 0.3) is 16.4 Å². The summed E-state index contributed by atoms with van der Waals surface area (Å²) in [6.07, 6.45) is 1.52.